The third-order valence-electron chi connectivity index (χ3n) is 3.20. The van der Waals surface area contributed by atoms with Crippen molar-refractivity contribution in [2.45, 2.75) is 84.2 Å². The van der Waals surface area contributed by atoms with E-state index < -0.39 is 0 Å². The van der Waals surface area contributed by atoms with Crippen molar-refractivity contribution in [1.29, 1.82) is 0 Å². The topological polar surface area (TPSA) is 29.5 Å². The van der Waals surface area contributed by atoms with Gasteiger partial charge in [0.2, 0.25) is 0 Å². The highest BCUT2D eigenvalue weighted by Crippen LogP contribution is 2.14. The molecule has 0 spiro atoms. The Morgan fingerprint density at radius 1 is 0.824 bits per heavy atom. The second-order valence-corrected chi connectivity index (χ2v) is 4.92. The Hall–Kier alpha value is -0.0800. The Labute approximate surface area is 108 Å². The summed E-state index contributed by atoms with van der Waals surface area (Å²) in [4.78, 5) is 0. The van der Waals surface area contributed by atoms with Crippen molar-refractivity contribution in [3.05, 3.63) is 0 Å². The lowest BCUT2D eigenvalue weighted by Gasteiger charge is -2.17. The van der Waals surface area contributed by atoms with Crippen LogP contribution >= 0.6 is 0 Å². The van der Waals surface area contributed by atoms with Crippen LogP contribution in [0.5, 0.6) is 0 Å². The average molecular weight is 244 g/mol. The van der Waals surface area contributed by atoms with Gasteiger partial charge in [-0.25, -0.2) is 0 Å². The van der Waals surface area contributed by atoms with Crippen LogP contribution in [0.4, 0.5) is 0 Å². The van der Waals surface area contributed by atoms with Crippen LogP contribution < -0.4 is 0 Å². The lowest BCUT2D eigenvalue weighted by Crippen LogP contribution is -2.15. The van der Waals surface area contributed by atoms with Crippen LogP contribution in [0, 0.1) is 0 Å². The third-order valence-corrected chi connectivity index (χ3v) is 3.20. The summed E-state index contributed by atoms with van der Waals surface area (Å²) in [5.41, 5.74) is 0. The molecule has 0 aliphatic rings. The highest BCUT2D eigenvalue weighted by molar-refractivity contribution is 4.59. The van der Waals surface area contributed by atoms with Gasteiger partial charge in [0, 0.05) is 0 Å². The Morgan fingerprint density at radius 2 is 1.41 bits per heavy atom. The Balaban J connectivity index is 3.45. The van der Waals surface area contributed by atoms with Crippen molar-refractivity contribution in [2.75, 3.05) is 13.2 Å². The van der Waals surface area contributed by atoms with Crippen LogP contribution in [0.2, 0.25) is 0 Å². The van der Waals surface area contributed by atoms with Gasteiger partial charge in [-0.3, -0.25) is 0 Å². The van der Waals surface area contributed by atoms with E-state index >= 15 is 0 Å². The SMILES string of the molecule is CCCCCCCCC(CCCC)OCCO. The Morgan fingerprint density at radius 3 is 2.06 bits per heavy atom. The van der Waals surface area contributed by atoms with Gasteiger partial charge in [-0.15, -0.1) is 0 Å². The maximum absolute atomic E-state index is 8.78. The van der Waals surface area contributed by atoms with Gasteiger partial charge in [-0.2, -0.15) is 0 Å². The monoisotopic (exact) mass is 244 g/mol. The molecule has 1 unspecified atom stereocenters. The largest absolute Gasteiger partial charge is 0.394 e. The van der Waals surface area contributed by atoms with E-state index in [1.807, 2.05) is 0 Å². The number of ether oxygens (including phenoxy) is 1. The summed E-state index contributed by atoms with van der Waals surface area (Å²) in [7, 11) is 0. The van der Waals surface area contributed by atoms with E-state index in [9.17, 15) is 0 Å². The standard InChI is InChI=1S/C15H32O2/c1-3-5-7-8-9-10-12-15(11-6-4-2)17-14-13-16/h15-16H,3-14H2,1-2H3. The maximum atomic E-state index is 8.78. The molecule has 0 aromatic carbocycles. The lowest BCUT2D eigenvalue weighted by molar-refractivity contribution is 0.0169. The Kier molecular flexibility index (Phi) is 13.9. The van der Waals surface area contributed by atoms with Gasteiger partial charge < -0.3 is 9.84 Å². The Bertz CT molecular complexity index is 129. The lowest BCUT2D eigenvalue weighted by atomic mass is 10.0. The molecule has 0 saturated carbocycles. The molecule has 0 bridgehead atoms. The quantitative estimate of drug-likeness (QED) is 0.489. The van der Waals surface area contributed by atoms with Crippen LogP contribution in [0.15, 0.2) is 0 Å². The maximum Gasteiger partial charge on any atom is 0.0701 e. The average Bonchev–Trinajstić information content (AvgIpc) is 2.35. The number of hydrogen-bond donors (Lipinski definition) is 1. The van der Waals surface area contributed by atoms with Crippen molar-refractivity contribution in [1.82, 2.24) is 0 Å². The molecule has 0 aromatic heterocycles. The molecule has 104 valence electrons. The van der Waals surface area contributed by atoms with E-state index in [-0.39, 0.29) is 6.61 Å². The van der Waals surface area contributed by atoms with Crippen molar-refractivity contribution in [2.24, 2.45) is 0 Å². The van der Waals surface area contributed by atoms with Gasteiger partial charge in [0.25, 0.3) is 0 Å². The second-order valence-electron chi connectivity index (χ2n) is 4.92. The number of unbranched alkanes of at least 4 members (excludes halogenated alkanes) is 6. The fourth-order valence-electron chi connectivity index (χ4n) is 2.11. The first-order valence-electron chi connectivity index (χ1n) is 7.57. The summed E-state index contributed by atoms with van der Waals surface area (Å²) in [6.07, 6.45) is 13.3. The summed E-state index contributed by atoms with van der Waals surface area (Å²) >= 11 is 0. The molecule has 0 aliphatic carbocycles. The van der Waals surface area contributed by atoms with Crippen molar-refractivity contribution < 1.29 is 9.84 Å². The first kappa shape index (κ1) is 16.9. The molecule has 1 N–H and O–H groups in total. The van der Waals surface area contributed by atoms with Gasteiger partial charge >= 0.3 is 0 Å². The van der Waals surface area contributed by atoms with E-state index in [4.69, 9.17) is 9.84 Å². The molecule has 0 heterocycles. The normalized spacial score (nSPS) is 12.9. The van der Waals surface area contributed by atoms with E-state index in [2.05, 4.69) is 13.8 Å². The minimum absolute atomic E-state index is 0.152. The number of aliphatic hydroxyl groups is 1. The molecular formula is C15H32O2. The molecule has 0 rings (SSSR count). The summed E-state index contributed by atoms with van der Waals surface area (Å²) < 4.78 is 5.67. The molecule has 0 aromatic rings. The molecular weight excluding hydrogens is 212 g/mol. The molecule has 2 nitrogen and oxygen atoms in total. The number of hydrogen-bond acceptors (Lipinski definition) is 2. The van der Waals surface area contributed by atoms with E-state index in [0.29, 0.717) is 12.7 Å². The first-order valence-corrected chi connectivity index (χ1v) is 7.57. The fourth-order valence-corrected chi connectivity index (χ4v) is 2.11. The summed E-state index contributed by atoms with van der Waals surface area (Å²) in [5, 5.41) is 8.78. The van der Waals surface area contributed by atoms with Gasteiger partial charge in [0.05, 0.1) is 19.3 Å². The van der Waals surface area contributed by atoms with Crippen LogP contribution in [0.25, 0.3) is 0 Å². The minimum atomic E-state index is 0.152. The highest BCUT2D eigenvalue weighted by Gasteiger charge is 2.07. The molecule has 0 saturated heterocycles. The van der Waals surface area contributed by atoms with Gasteiger partial charge in [-0.1, -0.05) is 65.2 Å². The second kappa shape index (κ2) is 14.0. The molecule has 0 fully saturated rings. The van der Waals surface area contributed by atoms with Gasteiger partial charge in [0.1, 0.15) is 0 Å². The third kappa shape index (κ3) is 12.2. The fraction of sp³-hybridized carbons (Fsp3) is 1.00. The smallest absolute Gasteiger partial charge is 0.0701 e. The van der Waals surface area contributed by atoms with Crippen molar-refractivity contribution >= 4 is 0 Å². The molecule has 17 heavy (non-hydrogen) atoms. The van der Waals surface area contributed by atoms with Gasteiger partial charge in [0.15, 0.2) is 0 Å². The van der Waals surface area contributed by atoms with E-state index in [0.717, 1.165) is 6.42 Å². The zero-order chi connectivity index (χ0) is 12.8. The number of aliphatic hydroxyl groups excluding tert-OH is 1. The van der Waals surface area contributed by atoms with Crippen LogP contribution in [-0.2, 0) is 4.74 Å². The molecule has 2 heteroatoms. The predicted molar refractivity (Wildman–Crippen MR) is 74.3 cm³/mol. The van der Waals surface area contributed by atoms with Crippen LogP contribution in [0.3, 0.4) is 0 Å². The first-order chi connectivity index (χ1) is 8.35. The summed E-state index contributed by atoms with van der Waals surface area (Å²) in [5.74, 6) is 0. The number of rotatable bonds is 13. The predicted octanol–water partition coefficient (Wildman–Crippen LogP) is 4.30. The highest BCUT2D eigenvalue weighted by atomic mass is 16.5. The minimum Gasteiger partial charge on any atom is -0.394 e. The zero-order valence-electron chi connectivity index (χ0n) is 11.9. The summed E-state index contributed by atoms with van der Waals surface area (Å²) in [6, 6.07) is 0. The molecule has 0 amide bonds. The zero-order valence-corrected chi connectivity index (χ0v) is 11.9. The molecule has 0 radical (unpaired) electrons. The van der Waals surface area contributed by atoms with Crippen LogP contribution in [0.1, 0.15) is 78.1 Å². The molecule has 1 atom stereocenters. The summed E-state index contributed by atoms with van der Waals surface area (Å²) in [6.45, 7) is 5.13. The van der Waals surface area contributed by atoms with E-state index in [1.54, 1.807) is 0 Å². The van der Waals surface area contributed by atoms with Crippen molar-refractivity contribution in [3.63, 3.8) is 0 Å². The molecule has 0 aliphatic heterocycles. The van der Waals surface area contributed by atoms with E-state index in [1.165, 1.54) is 57.8 Å². The van der Waals surface area contributed by atoms with Crippen molar-refractivity contribution in [3.8, 4) is 0 Å². The van der Waals surface area contributed by atoms with Gasteiger partial charge in [-0.05, 0) is 12.8 Å². The van der Waals surface area contributed by atoms with Crippen LogP contribution in [-0.4, -0.2) is 24.4 Å².